The van der Waals surface area contributed by atoms with Crippen LogP contribution in [0.2, 0.25) is 0 Å². The van der Waals surface area contributed by atoms with Crippen molar-refractivity contribution in [3.63, 3.8) is 0 Å². The highest BCUT2D eigenvalue weighted by Crippen LogP contribution is 2.25. The number of imidazole rings is 1. The van der Waals surface area contributed by atoms with Gasteiger partial charge in [0.2, 0.25) is 0 Å². The number of carbonyl (C=O) groups excluding carboxylic acids is 1. The van der Waals surface area contributed by atoms with Crippen molar-refractivity contribution in [3.8, 4) is 0 Å². The van der Waals surface area contributed by atoms with Gasteiger partial charge in [0.05, 0.1) is 5.56 Å². The summed E-state index contributed by atoms with van der Waals surface area (Å²) >= 11 is 0. The second-order valence-electron chi connectivity index (χ2n) is 6.70. The second-order valence-corrected chi connectivity index (χ2v) is 6.70. The molecule has 4 rings (SSSR count). The minimum Gasteiger partial charge on any atom is -0.347 e. The molecule has 28 heavy (non-hydrogen) atoms. The second kappa shape index (κ2) is 7.31. The molecule has 5 nitrogen and oxygen atoms in total. The predicted octanol–water partition coefficient (Wildman–Crippen LogP) is 4.05. The van der Waals surface area contributed by atoms with Crippen LogP contribution in [0.25, 0.3) is 10.9 Å². The van der Waals surface area contributed by atoms with Crippen molar-refractivity contribution in [1.29, 1.82) is 0 Å². The molecule has 1 amide bonds. The van der Waals surface area contributed by atoms with E-state index >= 15 is 0 Å². The first-order valence-electron chi connectivity index (χ1n) is 9.20. The van der Waals surface area contributed by atoms with Crippen LogP contribution in [-0.4, -0.2) is 20.0 Å². The van der Waals surface area contributed by atoms with E-state index in [2.05, 4.69) is 10.3 Å². The summed E-state index contributed by atoms with van der Waals surface area (Å²) in [5.74, 6) is 0.0624. The van der Waals surface area contributed by atoms with E-state index in [0.717, 1.165) is 17.4 Å². The molecule has 0 spiro atoms. The van der Waals surface area contributed by atoms with Crippen LogP contribution >= 0.6 is 0 Å². The lowest BCUT2D eigenvalue weighted by molar-refractivity contribution is 0.0942. The number of aryl methyl sites for hydroxylation is 2. The summed E-state index contributed by atoms with van der Waals surface area (Å²) < 4.78 is 17.7. The smallest absolute Gasteiger partial charge is 0.254 e. The summed E-state index contributed by atoms with van der Waals surface area (Å²) in [6, 6.07) is 13.5. The van der Waals surface area contributed by atoms with Gasteiger partial charge in [0.1, 0.15) is 17.7 Å². The van der Waals surface area contributed by atoms with Crippen molar-refractivity contribution < 1.29 is 9.18 Å². The third-order valence-electron chi connectivity index (χ3n) is 4.95. The van der Waals surface area contributed by atoms with Gasteiger partial charge < -0.3 is 14.5 Å². The quantitative estimate of drug-likeness (QED) is 0.571. The number of hydrogen-bond donors (Lipinski definition) is 1. The third kappa shape index (κ3) is 3.17. The Morgan fingerprint density at radius 1 is 1.21 bits per heavy atom. The number of aromatic nitrogens is 3. The van der Waals surface area contributed by atoms with Gasteiger partial charge in [-0.05, 0) is 30.7 Å². The van der Waals surface area contributed by atoms with E-state index in [1.165, 1.54) is 12.1 Å². The zero-order valence-electron chi connectivity index (χ0n) is 15.8. The van der Waals surface area contributed by atoms with Crippen molar-refractivity contribution in [1.82, 2.24) is 19.4 Å². The Morgan fingerprint density at radius 3 is 2.75 bits per heavy atom. The average Bonchev–Trinajstić information content (AvgIpc) is 3.29. The molecule has 2 aromatic carbocycles. The van der Waals surface area contributed by atoms with Crippen LogP contribution in [0.3, 0.4) is 0 Å². The number of hydrogen-bond acceptors (Lipinski definition) is 2. The van der Waals surface area contributed by atoms with Crippen molar-refractivity contribution in [2.45, 2.75) is 19.5 Å². The molecular formula is C22H21FN4O. The fourth-order valence-corrected chi connectivity index (χ4v) is 3.54. The summed E-state index contributed by atoms with van der Waals surface area (Å²) in [4.78, 5) is 17.6. The summed E-state index contributed by atoms with van der Waals surface area (Å²) in [5, 5.41) is 3.94. The lowest BCUT2D eigenvalue weighted by Gasteiger charge is -2.19. The van der Waals surface area contributed by atoms with E-state index in [4.69, 9.17) is 0 Å². The van der Waals surface area contributed by atoms with Crippen molar-refractivity contribution in [2.24, 2.45) is 7.05 Å². The number of carbonyl (C=O) groups is 1. The zero-order chi connectivity index (χ0) is 19.7. The Morgan fingerprint density at radius 2 is 2.04 bits per heavy atom. The summed E-state index contributed by atoms with van der Waals surface area (Å²) in [7, 11) is 1.85. The van der Waals surface area contributed by atoms with Gasteiger partial charge in [-0.25, -0.2) is 9.37 Å². The van der Waals surface area contributed by atoms with E-state index in [1.807, 2.05) is 53.6 Å². The summed E-state index contributed by atoms with van der Waals surface area (Å²) in [6.07, 6.45) is 5.33. The highest BCUT2D eigenvalue weighted by molar-refractivity contribution is 6.07. The number of rotatable bonds is 5. The molecule has 1 N–H and O–H groups in total. The van der Waals surface area contributed by atoms with E-state index in [0.29, 0.717) is 17.0 Å². The normalized spacial score (nSPS) is 12.2. The van der Waals surface area contributed by atoms with E-state index in [1.54, 1.807) is 24.5 Å². The lowest BCUT2D eigenvalue weighted by atomic mass is 10.0. The van der Waals surface area contributed by atoms with E-state index < -0.39 is 6.04 Å². The van der Waals surface area contributed by atoms with E-state index in [9.17, 15) is 9.18 Å². The van der Waals surface area contributed by atoms with Crippen LogP contribution in [0.15, 0.2) is 67.1 Å². The minimum absolute atomic E-state index is 0.222. The van der Waals surface area contributed by atoms with Gasteiger partial charge in [-0.1, -0.05) is 30.3 Å². The molecule has 0 saturated carbocycles. The number of halogens is 1. The number of benzene rings is 2. The van der Waals surface area contributed by atoms with Gasteiger partial charge >= 0.3 is 0 Å². The molecule has 0 aliphatic carbocycles. The third-order valence-corrected chi connectivity index (χ3v) is 4.95. The number of nitrogens with zero attached hydrogens (tertiary/aromatic N) is 3. The first-order valence-corrected chi connectivity index (χ1v) is 9.20. The Balaban J connectivity index is 1.76. The number of fused-ring (bicyclic) bond motifs is 1. The van der Waals surface area contributed by atoms with Crippen molar-refractivity contribution >= 4 is 16.8 Å². The SMILES string of the molecule is CCn1cc(C(=O)N[C@H](c2cccc(F)c2)c2nccn2C)c2ccccc21. The number of nitrogens with one attached hydrogen (secondary N) is 1. The molecule has 2 heterocycles. The minimum atomic E-state index is -0.563. The summed E-state index contributed by atoms with van der Waals surface area (Å²) in [5.41, 5.74) is 2.24. The van der Waals surface area contributed by atoms with Crippen molar-refractivity contribution in [2.75, 3.05) is 0 Å². The topological polar surface area (TPSA) is 51.9 Å². The van der Waals surface area contributed by atoms with Gasteiger partial charge in [-0.3, -0.25) is 4.79 Å². The van der Waals surface area contributed by atoms with Gasteiger partial charge in [-0.15, -0.1) is 0 Å². The van der Waals surface area contributed by atoms with Gasteiger partial charge in [-0.2, -0.15) is 0 Å². The zero-order valence-corrected chi connectivity index (χ0v) is 15.8. The lowest BCUT2D eigenvalue weighted by Crippen LogP contribution is -2.31. The fraction of sp³-hybridized carbons (Fsp3) is 0.182. The van der Waals surface area contributed by atoms with Crippen LogP contribution in [0, 0.1) is 5.82 Å². The average molecular weight is 376 g/mol. The highest BCUT2D eigenvalue weighted by Gasteiger charge is 2.23. The van der Waals surface area contributed by atoms with Crippen molar-refractivity contribution in [3.05, 3.63) is 89.9 Å². The first-order chi connectivity index (χ1) is 13.6. The summed E-state index contributed by atoms with van der Waals surface area (Å²) in [6.45, 7) is 2.80. The molecule has 4 aromatic rings. The number of amides is 1. The standard InChI is InChI=1S/C22H21FN4O/c1-3-27-14-18(17-9-4-5-10-19(17)27)22(28)25-20(21-24-11-12-26(21)2)15-7-6-8-16(23)13-15/h4-14,20H,3H2,1-2H3,(H,25,28)/t20-/m1/s1. The van der Waals surface area contributed by atoms with Crippen LogP contribution in [0.4, 0.5) is 4.39 Å². The molecule has 0 aliphatic heterocycles. The molecule has 0 saturated heterocycles. The number of para-hydroxylation sites is 1. The maximum absolute atomic E-state index is 13.8. The Bertz CT molecular complexity index is 1140. The fourth-order valence-electron chi connectivity index (χ4n) is 3.54. The Kier molecular flexibility index (Phi) is 4.69. The molecule has 6 heteroatoms. The van der Waals surface area contributed by atoms with Crippen LogP contribution in [-0.2, 0) is 13.6 Å². The first kappa shape index (κ1) is 18.0. The Hall–Kier alpha value is -3.41. The molecule has 1 atom stereocenters. The van der Waals surface area contributed by atoms with Gasteiger partial charge in [0.25, 0.3) is 5.91 Å². The maximum atomic E-state index is 13.8. The largest absolute Gasteiger partial charge is 0.347 e. The monoisotopic (exact) mass is 376 g/mol. The molecule has 0 fully saturated rings. The van der Waals surface area contributed by atoms with Crippen LogP contribution in [0.5, 0.6) is 0 Å². The maximum Gasteiger partial charge on any atom is 0.254 e. The van der Waals surface area contributed by atoms with Crippen LogP contribution < -0.4 is 5.32 Å². The molecule has 142 valence electrons. The predicted molar refractivity (Wildman–Crippen MR) is 107 cm³/mol. The van der Waals surface area contributed by atoms with E-state index in [-0.39, 0.29) is 11.7 Å². The highest BCUT2D eigenvalue weighted by atomic mass is 19.1. The van der Waals surface area contributed by atoms with Gasteiger partial charge in [0, 0.05) is 43.1 Å². The van der Waals surface area contributed by atoms with Crippen LogP contribution in [0.1, 0.15) is 34.7 Å². The Labute approximate surface area is 162 Å². The molecular weight excluding hydrogens is 355 g/mol. The van der Waals surface area contributed by atoms with Gasteiger partial charge in [0.15, 0.2) is 0 Å². The molecule has 0 unspecified atom stereocenters. The molecule has 2 aromatic heterocycles. The molecule has 0 radical (unpaired) electrons. The molecule has 0 bridgehead atoms. The molecule has 0 aliphatic rings.